The highest BCUT2D eigenvalue weighted by molar-refractivity contribution is 7.92. The zero-order valence-corrected chi connectivity index (χ0v) is 24.9. The Morgan fingerprint density at radius 2 is 1.50 bits per heavy atom. The zero-order chi connectivity index (χ0) is 31.3. The molecule has 4 aromatic rings. The van der Waals surface area contributed by atoms with Gasteiger partial charge in [0.15, 0.2) is 6.61 Å². The lowest BCUT2D eigenvalue weighted by molar-refractivity contribution is -0.137. The molecule has 0 N–H and O–H groups in total. The molecule has 0 unspecified atom stereocenters. The topological polar surface area (TPSA) is 70.2 Å². The smallest absolute Gasteiger partial charge is 0.416 e. The summed E-state index contributed by atoms with van der Waals surface area (Å²) in [5.41, 5.74) is 1.98. The second kappa shape index (κ2) is 13.0. The highest BCUT2D eigenvalue weighted by Crippen LogP contribution is 2.32. The van der Waals surface area contributed by atoms with Crippen LogP contribution in [0.3, 0.4) is 0 Å². The van der Waals surface area contributed by atoms with Crippen molar-refractivity contribution in [1.82, 2.24) is 4.90 Å². The molecule has 0 radical (unpaired) electrons. The molecule has 0 bridgehead atoms. The number of hydrogen-bond donors (Lipinski definition) is 0. The maximum Gasteiger partial charge on any atom is 0.416 e. The molecular formula is C33H32F3N3O4S. The molecule has 0 aliphatic carbocycles. The normalized spacial score (nSPS) is 13.9. The fourth-order valence-electron chi connectivity index (χ4n) is 4.94. The van der Waals surface area contributed by atoms with Crippen LogP contribution in [0.15, 0.2) is 108 Å². The molecule has 0 spiro atoms. The van der Waals surface area contributed by atoms with E-state index in [9.17, 15) is 26.4 Å². The number of hydrogen-bond acceptors (Lipinski definition) is 5. The summed E-state index contributed by atoms with van der Waals surface area (Å²) in [6.07, 6.45) is -4.42. The Balaban J connectivity index is 1.21. The number of carbonyl (C=O) groups is 1. The second-order valence-electron chi connectivity index (χ2n) is 10.5. The molecular weight excluding hydrogens is 591 g/mol. The summed E-state index contributed by atoms with van der Waals surface area (Å²) >= 11 is 0. The van der Waals surface area contributed by atoms with Gasteiger partial charge in [-0.25, -0.2) is 8.42 Å². The Morgan fingerprint density at radius 3 is 2.14 bits per heavy atom. The second-order valence-corrected chi connectivity index (χ2v) is 12.4. The monoisotopic (exact) mass is 623 g/mol. The van der Waals surface area contributed by atoms with Crippen LogP contribution in [0.4, 0.5) is 24.5 Å². The molecule has 11 heteroatoms. The largest absolute Gasteiger partial charge is 0.484 e. The summed E-state index contributed by atoms with van der Waals surface area (Å²) in [5, 5.41) is 0. The Morgan fingerprint density at radius 1 is 0.841 bits per heavy atom. The molecule has 1 heterocycles. The third-order valence-electron chi connectivity index (χ3n) is 7.44. The van der Waals surface area contributed by atoms with E-state index in [1.807, 2.05) is 42.2 Å². The minimum absolute atomic E-state index is 0.127. The maximum absolute atomic E-state index is 13.7. The first-order valence-electron chi connectivity index (χ1n) is 14.1. The van der Waals surface area contributed by atoms with Crippen molar-refractivity contribution in [3.8, 4) is 5.75 Å². The van der Waals surface area contributed by atoms with E-state index >= 15 is 0 Å². The number of amides is 1. The molecule has 230 valence electrons. The number of halogens is 3. The Bertz CT molecular complexity index is 1670. The number of anilines is 2. The Labute approximate surface area is 255 Å². The quantitative estimate of drug-likeness (QED) is 0.224. The van der Waals surface area contributed by atoms with Crippen molar-refractivity contribution in [2.24, 2.45) is 0 Å². The molecule has 44 heavy (non-hydrogen) atoms. The van der Waals surface area contributed by atoms with Crippen molar-refractivity contribution in [1.29, 1.82) is 0 Å². The lowest BCUT2D eigenvalue weighted by atomic mass is 10.1. The predicted molar refractivity (Wildman–Crippen MR) is 163 cm³/mol. The van der Waals surface area contributed by atoms with Gasteiger partial charge < -0.3 is 14.5 Å². The third-order valence-corrected chi connectivity index (χ3v) is 9.22. The van der Waals surface area contributed by atoms with E-state index in [2.05, 4.69) is 0 Å². The molecule has 0 saturated carbocycles. The first kappa shape index (κ1) is 30.9. The highest BCUT2D eigenvalue weighted by atomic mass is 32.2. The Hall–Kier alpha value is -4.51. The lowest BCUT2D eigenvalue weighted by Gasteiger charge is -2.36. The van der Waals surface area contributed by atoms with Gasteiger partial charge in [-0.1, -0.05) is 54.1 Å². The van der Waals surface area contributed by atoms with Crippen molar-refractivity contribution in [3.63, 3.8) is 0 Å². The lowest BCUT2D eigenvalue weighted by Crippen LogP contribution is -2.50. The SMILES string of the molecule is Cc1ccc(S(=O)(=O)N(Cc2ccccc2)c2ccc(OCC(=O)N3CCN(c4cccc(C(F)(F)F)c4)CC3)cc2)cc1. The van der Waals surface area contributed by atoms with Crippen LogP contribution >= 0.6 is 0 Å². The van der Waals surface area contributed by atoms with Crippen LogP contribution < -0.4 is 13.9 Å². The van der Waals surface area contributed by atoms with Crippen LogP contribution in [0.5, 0.6) is 5.75 Å². The van der Waals surface area contributed by atoms with Crippen LogP contribution in [0.1, 0.15) is 16.7 Å². The van der Waals surface area contributed by atoms with Crippen LogP contribution in [-0.2, 0) is 27.5 Å². The molecule has 0 atom stereocenters. The highest BCUT2D eigenvalue weighted by Gasteiger charge is 2.31. The molecule has 5 rings (SSSR count). The standard InChI is InChI=1S/C33H32F3N3O4S/c1-25-10-16-31(17-11-25)44(41,42)39(23-26-6-3-2-4-7-26)28-12-14-30(15-13-28)43-24-32(40)38-20-18-37(19-21-38)29-9-5-8-27(22-29)33(34,35)36/h2-17,22H,18-21,23-24H2,1H3. The number of piperazine rings is 1. The molecule has 1 aliphatic rings. The summed E-state index contributed by atoms with van der Waals surface area (Å²) in [7, 11) is -3.88. The van der Waals surface area contributed by atoms with Crippen LogP contribution in [0.25, 0.3) is 0 Å². The van der Waals surface area contributed by atoms with Crippen LogP contribution in [0.2, 0.25) is 0 Å². The van der Waals surface area contributed by atoms with Gasteiger partial charge in [0.2, 0.25) is 0 Å². The first-order valence-corrected chi connectivity index (χ1v) is 15.5. The molecule has 1 saturated heterocycles. The van der Waals surface area contributed by atoms with Crippen molar-refractivity contribution in [3.05, 3.63) is 120 Å². The van der Waals surface area contributed by atoms with Gasteiger partial charge in [0.25, 0.3) is 15.9 Å². The fourth-order valence-corrected chi connectivity index (χ4v) is 6.39. The first-order chi connectivity index (χ1) is 21.0. The van der Waals surface area contributed by atoms with E-state index in [4.69, 9.17) is 4.74 Å². The van der Waals surface area contributed by atoms with Gasteiger partial charge in [-0.05, 0) is 67.1 Å². The average Bonchev–Trinajstić information content (AvgIpc) is 3.03. The summed E-state index contributed by atoms with van der Waals surface area (Å²) in [6, 6.07) is 27.7. The average molecular weight is 624 g/mol. The summed E-state index contributed by atoms with van der Waals surface area (Å²) < 4.78 is 73.7. The molecule has 1 amide bonds. The van der Waals surface area contributed by atoms with E-state index in [-0.39, 0.29) is 24.0 Å². The number of carbonyl (C=O) groups excluding carboxylic acids is 1. The maximum atomic E-state index is 13.7. The number of ether oxygens (including phenoxy) is 1. The van der Waals surface area contributed by atoms with Crippen LogP contribution in [-0.4, -0.2) is 52.0 Å². The molecule has 4 aromatic carbocycles. The molecule has 1 fully saturated rings. The van der Waals surface area contributed by atoms with Gasteiger partial charge in [-0.3, -0.25) is 9.10 Å². The van der Waals surface area contributed by atoms with Gasteiger partial charge in [0, 0.05) is 31.9 Å². The summed E-state index contributed by atoms with van der Waals surface area (Å²) in [4.78, 5) is 16.5. The van der Waals surface area contributed by atoms with Gasteiger partial charge in [0.05, 0.1) is 22.7 Å². The minimum Gasteiger partial charge on any atom is -0.484 e. The van der Waals surface area contributed by atoms with E-state index in [0.717, 1.165) is 23.3 Å². The molecule has 7 nitrogen and oxygen atoms in total. The number of rotatable bonds is 9. The van der Waals surface area contributed by atoms with Crippen molar-refractivity contribution >= 4 is 27.3 Å². The van der Waals surface area contributed by atoms with Crippen molar-refractivity contribution in [2.45, 2.75) is 24.5 Å². The molecule has 1 aliphatic heterocycles. The summed E-state index contributed by atoms with van der Waals surface area (Å²) in [5.74, 6) is 0.155. The van der Waals surface area contributed by atoms with Crippen molar-refractivity contribution in [2.75, 3.05) is 42.0 Å². The summed E-state index contributed by atoms with van der Waals surface area (Å²) in [6.45, 7) is 3.29. The number of sulfonamides is 1. The number of alkyl halides is 3. The minimum atomic E-state index is -4.42. The number of benzene rings is 4. The number of nitrogens with zero attached hydrogens (tertiary/aromatic N) is 3. The predicted octanol–water partition coefficient (Wildman–Crippen LogP) is 6.14. The third kappa shape index (κ3) is 7.34. The number of aryl methyl sites for hydroxylation is 1. The Kier molecular flexibility index (Phi) is 9.14. The zero-order valence-electron chi connectivity index (χ0n) is 24.1. The molecule has 0 aromatic heterocycles. The van der Waals surface area contributed by atoms with Crippen molar-refractivity contribution < 1.29 is 31.1 Å². The van der Waals surface area contributed by atoms with E-state index in [1.54, 1.807) is 59.5 Å². The van der Waals surface area contributed by atoms with Gasteiger partial charge in [0.1, 0.15) is 5.75 Å². The van der Waals surface area contributed by atoms with Gasteiger partial charge in [-0.2, -0.15) is 13.2 Å². The van der Waals surface area contributed by atoms with E-state index in [0.29, 0.717) is 43.3 Å². The van der Waals surface area contributed by atoms with Crippen LogP contribution in [0, 0.1) is 6.92 Å². The fraction of sp³-hybridized carbons (Fsp3) is 0.242. The van der Waals surface area contributed by atoms with Gasteiger partial charge in [-0.15, -0.1) is 0 Å². The van der Waals surface area contributed by atoms with E-state index < -0.39 is 21.8 Å². The van der Waals surface area contributed by atoms with E-state index in [1.165, 1.54) is 10.4 Å². The van der Waals surface area contributed by atoms with Gasteiger partial charge >= 0.3 is 6.18 Å².